The highest BCUT2D eigenvalue weighted by molar-refractivity contribution is 6.31. The normalized spacial score (nSPS) is 11.6. The van der Waals surface area contributed by atoms with Crippen molar-refractivity contribution in [1.82, 2.24) is 10.2 Å². The highest BCUT2D eigenvalue weighted by atomic mass is 35.5. The molecule has 1 unspecified atom stereocenters. The molecule has 3 rings (SSSR count). The Labute approximate surface area is 197 Å². The maximum absolute atomic E-state index is 14.4. The van der Waals surface area contributed by atoms with Crippen LogP contribution in [0.5, 0.6) is 0 Å². The zero-order valence-corrected chi connectivity index (χ0v) is 19.0. The predicted molar refractivity (Wildman–Crippen MR) is 125 cm³/mol. The Morgan fingerprint density at radius 1 is 0.969 bits per heavy atom. The van der Waals surface area contributed by atoms with Crippen LogP contribution in [0.25, 0.3) is 0 Å². The van der Waals surface area contributed by atoms with Gasteiger partial charge in [-0.25, -0.2) is 4.39 Å². The molecule has 0 aliphatic rings. The standard InChI is InChI=1S/C25H23Cl2FN2O2/c1-29-25(32)23(14-17-7-3-2-4-8-17)30(16-18-9-5-10-19(26)13-18)24(31)15-20-21(27)11-6-12-22(20)28/h2-13,23H,14-16H2,1H3,(H,29,32). The van der Waals surface area contributed by atoms with Gasteiger partial charge in [0.15, 0.2) is 0 Å². The lowest BCUT2D eigenvalue weighted by molar-refractivity contribution is -0.140. The molecule has 2 amide bonds. The van der Waals surface area contributed by atoms with Crippen molar-refractivity contribution in [1.29, 1.82) is 0 Å². The zero-order chi connectivity index (χ0) is 23.1. The third kappa shape index (κ3) is 6.09. The van der Waals surface area contributed by atoms with Gasteiger partial charge in [-0.05, 0) is 35.4 Å². The average molecular weight is 473 g/mol. The number of hydrogen-bond acceptors (Lipinski definition) is 2. The number of nitrogens with zero attached hydrogens (tertiary/aromatic N) is 1. The molecule has 0 bridgehead atoms. The summed E-state index contributed by atoms with van der Waals surface area (Å²) in [6.07, 6.45) is 0.0339. The number of rotatable bonds is 8. The monoisotopic (exact) mass is 472 g/mol. The molecule has 7 heteroatoms. The molecular formula is C25H23Cl2FN2O2. The van der Waals surface area contributed by atoms with E-state index in [1.165, 1.54) is 30.1 Å². The fraction of sp³-hybridized carbons (Fsp3) is 0.200. The van der Waals surface area contributed by atoms with Gasteiger partial charge < -0.3 is 10.2 Å². The fourth-order valence-electron chi connectivity index (χ4n) is 3.51. The van der Waals surface area contributed by atoms with Crippen molar-refractivity contribution in [2.75, 3.05) is 7.05 Å². The molecule has 0 radical (unpaired) electrons. The summed E-state index contributed by atoms with van der Waals surface area (Å²) in [7, 11) is 1.52. The Bertz CT molecular complexity index is 1070. The largest absolute Gasteiger partial charge is 0.357 e. The fourth-order valence-corrected chi connectivity index (χ4v) is 3.95. The summed E-state index contributed by atoms with van der Waals surface area (Å²) in [6, 6.07) is 20.0. The summed E-state index contributed by atoms with van der Waals surface area (Å²) >= 11 is 12.3. The van der Waals surface area contributed by atoms with E-state index in [1.807, 2.05) is 36.4 Å². The van der Waals surface area contributed by atoms with Crippen LogP contribution in [-0.2, 0) is 29.0 Å². The van der Waals surface area contributed by atoms with Gasteiger partial charge in [-0.3, -0.25) is 9.59 Å². The Kier molecular flexibility index (Phi) is 8.26. The summed E-state index contributed by atoms with van der Waals surface area (Å²) in [4.78, 5) is 27.8. The molecule has 1 atom stereocenters. The van der Waals surface area contributed by atoms with Crippen molar-refractivity contribution < 1.29 is 14.0 Å². The van der Waals surface area contributed by atoms with E-state index in [2.05, 4.69) is 5.32 Å². The average Bonchev–Trinajstić information content (AvgIpc) is 2.79. The minimum atomic E-state index is -0.806. The second kappa shape index (κ2) is 11.1. The Hall–Kier alpha value is -2.89. The Morgan fingerprint density at radius 2 is 1.66 bits per heavy atom. The molecule has 0 aliphatic heterocycles. The molecule has 3 aromatic rings. The SMILES string of the molecule is CNC(=O)C(Cc1ccccc1)N(Cc1cccc(Cl)c1)C(=O)Cc1c(F)cccc1Cl. The topological polar surface area (TPSA) is 49.4 Å². The molecule has 4 nitrogen and oxygen atoms in total. The lowest BCUT2D eigenvalue weighted by atomic mass is 10.0. The molecule has 0 saturated heterocycles. The van der Waals surface area contributed by atoms with Gasteiger partial charge in [0.1, 0.15) is 11.9 Å². The van der Waals surface area contributed by atoms with E-state index in [-0.39, 0.29) is 29.5 Å². The molecule has 166 valence electrons. The van der Waals surface area contributed by atoms with Gasteiger partial charge in [0, 0.05) is 35.6 Å². The van der Waals surface area contributed by atoms with Gasteiger partial charge in [0.25, 0.3) is 0 Å². The lowest BCUT2D eigenvalue weighted by Gasteiger charge is -2.31. The third-order valence-corrected chi connectivity index (χ3v) is 5.74. The smallest absolute Gasteiger partial charge is 0.242 e. The van der Waals surface area contributed by atoms with Crippen LogP contribution in [0.15, 0.2) is 72.8 Å². The van der Waals surface area contributed by atoms with Crippen molar-refractivity contribution in [3.05, 3.63) is 105 Å². The number of amides is 2. The van der Waals surface area contributed by atoms with Crippen LogP contribution in [-0.4, -0.2) is 29.8 Å². The summed E-state index contributed by atoms with van der Waals surface area (Å²) in [5.41, 5.74) is 1.76. The minimum Gasteiger partial charge on any atom is -0.357 e. The van der Waals surface area contributed by atoms with Crippen molar-refractivity contribution in [3.8, 4) is 0 Å². The van der Waals surface area contributed by atoms with Crippen LogP contribution in [0.2, 0.25) is 10.0 Å². The number of hydrogen-bond donors (Lipinski definition) is 1. The van der Waals surface area contributed by atoms with E-state index in [0.717, 1.165) is 11.1 Å². The number of carbonyl (C=O) groups excluding carboxylic acids is 2. The molecule has 0 spiro atoms. The van der Waals surface area contributed by atoms with Gasteiger partial charge in [-0.1, -0.05) is 71.7 Å². The van der Waals surface area contributed by atoms with Gasteiger partial charge in [0.05, 0.1) is 6.42 Å². The van der Waals surface area contributed by atoms with E-state index in [1.54, 1.807) is 18.2 Å². The molecule has 0 aliphatic carbocycles. The van der Waals surface area contributed by atoms with Crippen LogP contribution in [0, 0.1) is 5.82 Å². The van der Waals surface area contributed by atoms with Gasteiger partial charge in [-0.15, -0.1) is 0 Å². The second-order valence-electron chi connectivity index (χ2n) is 7.35. The molecule has 3 aromatic carbocycles. The number of benzene rings is 3. The molecule has 0 heterocycles. The van der Waals surface area contributed by atoms with Crippen molar-refractivity contribution in [2.45, 2.75) is 25.4 Å². The number of halogens is 3. The number of nitrogens with one attached hydrogen (secondary N) is 1. The van der Waals surface area contributed by atoms with Crippen LogP contribution >= 0.6 is 23.2 Å². The minimum absolute atomic E-state index is 0.102. The zero-order valence-electron chi connectivity index (χ0n) is 17.5. The first-order chi connectivity index (χ1) is 15.4. The molecule has 0 aromatic heterocycles. The summed E-state index contributed by atoms with van der Waals surface area (Å²) in [6.45, 7) is 0.135. The Morgan fingerprint density at radius 3 is 2.31 bits per heavy atom. The van der Waals surface area contributed by atoms with E-state index < -0.39 is 17.8 Å². The number of carbonyl (C=O) groups is 2. The van der Waals surface area contributed by atoms with Gasteiger partial charge in [0.2, 0.25) is 11.8 Å². The first-order valence-electron chi connectivity index (χ1n) is 10.1. The lowest BCUT2D eigenvalue weighted by Crippen LogP contribution is -2.50. The first kappa shape index (κ1) is 23.8. The molecule has 32 heavy (non-hydrogen) atoms. The van der Waals surface area contributed by atoms with Crippen molar-refractivity contribution >= 4 is 35.0 Å². The summed E-state index contributed by atoms with van der Waals surface area (Å²) in [5, 5.41) is 3.33. The summed E-state index contributed by atoms with van der Waals surface area (Å²) in [5.74, 6) is -1.29. The molecule has 1 N–H and O–H groups in total. The van der Waals surface area contributed by atoms with Gasteiger partial charge in [-0.2, -0.15) is 0 Å². The number of likely N-dealkylation sites (N-methyl/N-ethyl adjacent to an activating group) is 1. The third-order valence-electron chi connectivity index (χ3n) is 5.15. The maximum atomic E-state index is 14.4. The predicted octanol–water partition coefficient (Wildman–Crippen LogP) is 5.06. The van der Waals surface area contributed by atoms with E-state index in [9.17, 15) is 14.0 Å². The highest BCUT2D eigenvalue weighted by Crippen LogP contribution is 2.23. The van der Waals surface area contributed by atoms with E-state index in [0.29, 0.717) is 11.4 Å². The molecule has 0 fully saturated rings. The van der Waals surface area contributed by atoms with Crippen LogP contribution in [0.1, 0.15) is 16.7 Å². The van der Waals surface area contributed by atoms with Crippen molar-refractivity contribution in [2.24, 2.45) is 0 Å². The quantitative estimate of drug-likeness (QED) is 0.497. The maximum Gasteiger partial charge on any atom is 0.242 e. The summed E-state index contributed by atoms with van der Waals surface area (Å²) < 4.78 is 14.4. The first-order valence-corrected chi connectivity index (χ1v) is 10.9. The van der Waals surface area contributed by atoms with Crippen LogP contribution in [0.4, 0.5) is 4.39 Å². The molecular weight excluding hydrogens is 450 g/mol. The highest BCUT2D eigenvalue weighted by Gasteiger charge is 2.30. The molecule has 0 saturated carbocycles. The van der Waals surface area contributed by atoms with Crippen LogP contribution < -0.4 is 5.32 Å². The Balaban J connectivity index is 1.98. The van der Waals surface area contributed by atoms with Crippen molar-refractivity contribution in [3.63, 3.8) is 0 Å². The van der Waals surface area contributed by atoms with Crippen LogP contribution in [0.3, 0.4) is 0 Å². The van der Waals surface area contributed by atoms with E-state index in [4.69, 9.17) is 23.2 Å². The van der Waals surface area contributed by atoms with E-state index >= 15 is 0 Å². The van der Waals surface area contributed by atoms with Gasteiger partial charge >= 0.3 is 0 Å². The second-order valence-corrected chi connectivity index (χ2v) is 8.19.